The summed E-state index contributed by atoms with van der Waals surface area (Å²) in [7, 11) is 0. The van der Waals surface area contributed by atoms with Crippen molar-refractivity contribution in [3.63, 3.8) is 0 Å². The zero-order valence-electron chi connectivity index (χ0n) is 50.7. The minimum absolute atomic E-state index is 0.0300. The molecule has 0 amide bonds. The number of carbonyl (C=O) groups is 4. The number of hydrogen-bond acceptors (Lipinski definition) is 11. The number of allylic oxidation sites excluding steroid dienone is 18. The van der Waals surface area contributed by atoms with Crippen LogP contribution in [0.5, 0.6) is 0 Å². The molecule has 1 heterocycles. The lowest BCUT2D eigenvalue weighted by Crippen LogP contribution is -2.61. The number of rotatable bonds is 53. The number of esters is 3. The molecule has 0 aliphatic carbocycles. The number of aliphatic hydroxyl groups is 2. The second-order valence-electron chi connectivity index (χ2n) is 21.3. The number of aliphatic carboxylic acids is 1. The second-order valence-corrected chi connectivity index (χ2v) is 21.3. The van der Waals surface area contributed by atoms with Gasteiger partial charge in [0, 0.05) is 19.3 Å². The molecule has 0 saturated carbocycles. The van der Waals surface area contributed by atoms with E-state index in [1.807, 2.05) is 12.2 Å². The summed E-state index contributed by atoms with van der Waals surface area (Å²) in [6.07, 6.45) is 63.5. The monoisotopic (exact) mass is 1130 g/mol. The van der Waals surface area contributed by atoms with E-state index >= 15 is 0 Å². The highest BCUT2D eigenvalue weighted by Gasteiger charge is 2.50. The lowest BCUT2D eigenvalue weighted by molar-refractivity contribution is -0.301. The molecule has 12 nitrogen and oxygen atoms in total. The molecule has 6 atom stereocenters. The minimum Gasteiger partial charge on any atom is -0.479 e. The van der Waals surface area contributed by atoms with Crippen LogP contribution < -0.4 is 0 Å². The summed E-state index contributed by atoms with van der Waals surface area (Å²) >= 11 is 0. The van der Waals surface area contributed by atoms with Crippen LogP contribution in [0.3, 0.4) is 0 Å². The number of unbranched alkanes of at least 4 members (excludes halogenated alkanes) is 21. The predicted octanol–water partition coefficient (Wildman–Crippen LogP) is 17.0. The molecule has 3 N–H and O–H groups in total. The summed E-state index contributed by atoms with van der Waals surface area (Å²) in [4.78, 5) is 51.3. The van der Waals surface area contributed by atoms with Gasteiger partial charge in [0.05, 0.1) is 6.61 Å². The minimum atomic E-state index is -1.92. The highest BCUT2D eigenvalue weighted by atomic mass is 16.7. The maximum Gasteiger partial charge on any atom is 0.335 e. The number of hydrogen-bond donors (Lipinski definition) is 3. The van der Waals surface area contributed by atoms with Crippen LogP contribution in [-0.2, 0) is 42.9 Å². The molecule has 1 aliphatic rings. The molecule has 0 aromatic carbocycles. The molecule has 0 aromatic rings. The molecule has 81 heavy (non-hydrogen) atoms. The molecular weight excluding hydrogens is 1020 g/mol. The first-order valence-corrected chi connectivity index (χ1v) is 31.9. The van der Waals surface area contributed by atoms with E-state index in [2.05, 4.69) is 118 Å². The fraction of sp³-hybridized carbons (Fsp3) is 0.681. The fourth-order valence-electron chi connectivity index (χ4n) is 9.06. The first kappa shape index (κ1) is 74.4. The molecule has 1 rings (SSSR count). The van der Waals surface area contributed by atoms with Crippen molar-refractivity contribution in [2.75, 3.05) is 13.2 Å². The van der Waals surface area contributed by atoms with Crippen LogP contribution in [0.4, 0.5) is 0 Å². The van der Waals surface area contributed by atoms with Gasteiger partial charge in [-0.25, -0.2) is 4.79 Å². The fourth-order valence-corrected chi connectivity index (χ4v) is 9.06. The van der Waals surface area contributed by atoms with Gasteiger partial charge in [-0.2, -0.15) is 0 Å². The van der Waals surface area contributed by atoms with Crippen LogP contribution in [0.2, 0.25) is 0 Å². The maximum atomic E-state index is 13.2. The Morgan fingerprint density at radius 3 is 1.23 bits per heavy atom. The summed E-state index contributed by atoms with van der Waals surface area (Å²) in [5, 5.41) is 31.6. The van der Waals surface area contributed by atoms with Crippen molar-refractivity contribution in [3.05, 3.63) is 109 Å². The second kappa shape index (κ2) is 55.9. The quantitative estimate of drug-likeness (QED) is 0.0228. The van der Waals surface area contributed by atoms with E-state index < -0.39 is 67.3 Å². The van der Waals surface area contributed by atoms with Crippen molar-refractivity contribution >= 4 is 23.9 Å². The zero-order chi connectivity index (χ0) is 58.9. The van der Waals surface area contributed by atoms with Crippen molar-refractivity contribution < 1.29 is 58.2 Å². The Labute approximate surface area is 491 Å². The lowest BCUT2D eigenvalue weighted by atomic mass is 9.98. The Morgan fingerprint density at radius 1 is 0.420 bits per heavy atom. The normalized spacial score (nSPS) is 18.5. The Bertz CT molecular complexity index is 1820. The first-order chi connectivity index (χ1) is 39.6. The van der Waals surface area contributed by atoms with E-state index in [0.29, 0.717) is 19.3 Å². The Morgan fingerprint density at radius 2 is 0.802 bits per heavy atom. The van der Waals surface area contributed by atoms with Gasteiger partial charge in [-0.15, -0.1) is 0 Å². The topological polar surface area (TPSA) is 175 Å². The van der Waals surface area contributed by atoms with E-state index in [-0.39, 0.29) is 25.9 Å². The maximum absolute atomic E-state index is 13.2. The molecule has 0 spiro atoms. The predicted molar refractivity (Wildman–Crippen MR) is 330 cm³/mol. The van der Waals surface area contributed by atoms with Gasteiger partial charge >= 0.3 is 23.9 Å². The molecule has 0 aromatic heterocycles. The molecule has 1 aliphatic heterocycles. The summed E-state index contributed by atoms with van der Waals surface area (Å²) in [6.45, 7) is 5.71. The summed E-state index contributed by atoms with van der Waals surface area (Å²) in [5.74, 6) is -3.25. The average molecular weight is 1130 g/mol. The highest BCUT2D eigenvalue weighted by Crippen LogP contribution is 2.26. The van der Waals surface area contributed by atoms with Crippen molar-refractivity contribution in [1.82, 2.24) is 0 Å². The molecule has 12 heteroatoms. The molecule has 0 bridgehead atoms. The number of carboxylic acid groups (broad SMARTS) is 1. The third-order valence-corrected chi connectivity index (χ3v) is 13.9. The van der Waals surface area contributed by atoms with Gasteiger partial charge in [0.2, 0.25) is 0 Å². The van der Waals surface area contributed by atoms with E-state index in [4.69, 9.17) is 23.7 Å². The molecule has 1 fully saturated rings. The van der Waals surface area contributed by atoms with Crippen LogP contribution in [0.25, 0.3) is 0 Å². The number of aliphatic hydroxyl groups excluding tert-OH is 2. The van der Waals surface area contributed by atoms with Gasteiger partial charge in [-0.1, -0.05) is 252 Å². The van der Waals surface area contributed by atoms with Gasteiger partial charge in [0.15, 0.2) is 24.6 Å². The van der Waals surface area contributed by atoms with Crippen LogP contribution in [0.15, 0.2) is 109 Å². The Kier molecular flexibility index (Phi) is 51.3. The zero-order valence-corrected chi connectivity index (χ0v) is 50.7. The highest BCUT2D eigenvalue weighted by molar-refractivity contribution is 5.74. The summed E-state index contributed by atoms with van der Waals surface area (Å²) in [6, 6.07) is 0. The molecule has 460 valence electrons. The van der Waals surface area contributed by atoms with Crippen molar-refractivity contribution in [3.8, 4) is 0 Å². The smallest absolute Gasteiger partial charge is 0.335 e. The number of carbonyl (C=O) groups excluding carboxylic acids is 3. The van der Waals surface area contributed by atoms with E-state index in [0.717, 1.165) is 109 Å². The summed E-state index contributed by atoms with van der Waals surface area (Å²) < 4.78 is 28.4. The van der Waals surface area contributed by atoms with Crippen molar-refractivity contribution in [2.45, 2.75) is 289 Å². The molecule has 6 unspecified atom stereocenters. The average Bonchev–Trinajstić information content (AvgIpc) is 3.53. The van der Waals surface area contributed by atoms with Gasteiger partial charge in [0.1, 0.15) is 18.8 Å². The van der Waals surface area contributed by atoms with E-state index in [9.17, 15) is 34.5 Å². The number of carboxylic acids is 1. The van der Waals surface area contributed by atoms with E-state index in [1.54, 1.807) is 0 Å². The van der Waals surface area contributed by atoms with Crippen molar-refractivity contribution in [1.29, 1.82) is 0 Å². The largest absolute Gasteiger partial charge is 0.479 e. The van der Waals surface area contributed by atoms with Gasteiger partial charge in [0.25, 0.3) is 0 Å². The van der Waals surface area contributed by atoms with Gasteiger partial charge < -0.3 is 39.0 Å². The Balaban J connectivity index is 2.73. The standard InChI is InChI=1S/C69H112O12/c1-4-7-10-13-16-19-22-25-28-30-31-33-35-37-40-43-46-49-52-55-61(70)77-58-60(79-62(71)56-53-50-47-44-41-39-36-32-29-26-23-20-17-14-11-8-5-2)59-78-69-67(65(74)64(73)66(81-69)68(75)76)80-63(72)57-54-51-48-45-42-38-34-27-24-21-18-15-12-9-6-3/h7,9-10,12,16,18-19,21,25,27-28,31,33-34,37,40,46,49,60,64-67,69,73-74H,4-6,8,11,13-15,17,20,22-24,26,29-30,32,35-36,38-39,41-45,47-48,50-59H2,1-3H3,(H,75,76)/b10-7-,12-9-,19-16-,21-18-,28-25-,33-31-,34-27-,40-37-,49-46-. The van der Waals surface area contributed by atoms with Crippen LogP contribution in [-0.4, -0.2) is 89.2 Å². The third-order valence-electron chi connectivity index (χ3n) is 13.9. The molecule has 1 saturated heterocycles. The Hall–Kier alpha value is -4.62. The van der Waals surface area contributed by atoms with Crippen LogP contribution in [0, 0.1) is 0 Å². The van der Waals surface area contributed by atoms with Crippen LogP contribution >= 0.6 is 0 Å². The third kappa shape index (κ3) is 45.6. The van der Waals surface area contributed by atoms with Gasteiger partial charge in [-0.3, -0.25) is 14.4 Å². The van der Waals surface area contributed by atoms with Crippen LogP contribution in [0.1, 0.15) is 252 Å². The molecular formula is C69H112O12. The summed E-state index contributed by atoms with van der Waals surface area (Å²) in [5.41, 5.74) is 0. The van der Waals surface area contributed by atoms with Crippen molar-refractivity contribution in [2.24, 2.45) is 0 Å². The SMILES string of the molecule is CC/C=C\C/C=C\C/C=C\C/C=C\C/C=C\C/C=C\CCC(=O)OCC(COC1OC(C(=O)O)C(O)C(O)C1OC(=O)CCCCCCC/C=C\C/C=C\C/C=C\CC)OC(=O)CCCCCCCCCCCCCCCCCCC. The number of ether oxygens (including phenoxy) is 5. The molecule has 0 radical (unpaired) electrons. The van der Waals surface area contributed by atoms with Gasteiger partial charge in [-0.05, 0) is 89.9 Å². The first-order valence-electron chi connectivity index (χ1n) is 31.9. The lowest BCUT2D eigenvalue weighted by Gasteiger charge is -2.40. The van der Waals surface area contributed by atoms with E-state index in [1.165, 1.54) is 83.5 Å².